The lowest BCUT2D eigenvalue weighted by Gasteiger charge is -2.40. The second-order valence-electron chi connectivity index (χ2n) is 8.03. The predicted molar refractivity (Wildman–Crippen MR) is 108 cm³/mol. The Kier molecular flexibility index (Phi) is 5.38. The van der Waals surface area contributed by atoms with E-state index in [4.69, 9.17) is 11.2 Å². The average molecular weight is 367 g/mol. The summed E-state index contributed by atoms with van der Waals surface area (Å²) < 4.78 is 7.69. The van der Waals surface area contributed by atoms with E-state index in [2.05, 4.69) is 34.9 Å². The highest BCUT2D eigenvalue weighted by molar-refractivity contribution is 5.76. The first-order chi connectivity index (χ1) is 13.2. The molecule has 1 aromatic carbocycles. The number of fused-ring (bicyclic) bond motifs is 1. The van der Waals surface area contributed by atoms with Crippen LogP contribution in [0, 0.1) is 19.3 Å². The third-order valence-electron chi connectivity index (χ3n) is 6.30. The van der Waals surface area contributed by atoms with Crippen LogP contribution < -0.4 is 5.69 Å². The number of rotatable bonds is 4. The molecule has 1 aliphatic heterocycles. The van der Waals surface area contributed by atoms with Gasteiger partial charge in [0.1, 0.15) is 6.61 Å². The van der Waals surface area contributed by atoms with Crippen molar-refractivity contribution in [1.29, 1.82) is 0 Å². The van der Waals surface area contributed by atoms with Gasteiger partial charge in [0.2, 0.25) is 0 Å². The van der Waals surface area contributed by atoms with Crippen molar-refractivity contribution in [3.05, 3.63) is 34.2 Å². The Labute approximate surface area is 160 Å². The van der Waals surface area contributed by atoms with Crippen LogP contribution in [0.15, 0.2) is 23.0 Å². The van der Waals surface area contributed by atoms with Gasteiger partial charge in [0.25, 0.3) is 0 Å². The van der Waals surface area contributed by atoms with E-state index >= 15 is 0 Å². The molecule has 5 heteroatoms. The summed E-state index contributed by atoms with van der Waals surface area (Å²) in [5.41, 5.74) is 3.21. The number of aryl methyl sites for hydroxylation is 1. The van der Waals surface area contributed by atoms with Crippen LogP contribution in [0.4, 0.5) is 0 Å². The molecule has 0 radical (unpaired) electrons. The van der Waals surface area contributed by atoms with Gasteiger partial charge in [-0.05, 0) is 63.1 Å². The fourth-order valence-electron chi connectivity index (χ4n) is 4.85. The van der Waals surface area contributed by atoms with Crippen molar-refractivity contribution >= 4 is 11.0 Å². The number of imidazole rings is 1. The van der Waals surface area contributed by atoms with E-state index in [0.717, 1.165) is 49.8 Å². The van der Waals surface area contributed by atoms with Crippen molar-refractivity contribution in [2.45, 2.75) is 63.6 Å². The van der Waals surface area contributed by atoms with Crippen LogP contribution in [0.1, 0.15) is 50.1 Å². The molecule has 4 rings (SSSR count). The molecule has 2 aliphatic rings. The van der Waals surface area contributed by atoms with Crippen LogP contribution in [0.5, 0.6) is 0 Å². The van der Waals surface area contributed by atoms with Gasteiger partial charge in [-0.2, -0.15) is 0 Å². The number of hydrogen-bond donors (Lipinski definition) is 1. The van der Waals surface area contributed by atoms with Gasteiger partial charge in [-0.1, -0.05) is 12.0 Å². The number of aromatic nitrogens is 2. The standard InChI is InChI=1S/C22H29N3O2/c1-3-14-27-19-7-5-17(6-8-19)24-12-10-18(11-13-24)25-21-15-16(2)4-9-20(21)23-22(25)26/h1,4,9,15,17-19H,5-8,10-14H2,2H3,(H,23,26)/t17-,19+. The molecule has 0 bridgehead atoms. The lowest BCUT2D eigenvalue weighted by Crippen LogP contribution is -2.45. The molecule has 5 nitrogen and oxygen atoms in total. The fourth-order valence-corrected chi connectivity index (χ4v) is 4.85. The molecule has 1 aliphatic carbocycles. The zero-order valence-corrected chi connectivity index (χ0v) is 16.1. The Morgan fingerprint density at radius 1 is 1.15 bits per heavy atom. The van der Waals surface area contributed by atoms with E-state index in [-0.39, 0.29) is 5.69 Å². The lowest BCUT2D eigenvalue weighted by molar-refractivity contribution is 0.0166. The van der Waals surface area contributed by atoms with Crippen LogP contribution in [-0.2, 0) is 4.74 Å². The summed E-state index contributed by atoms with van der Waals surface area (Å²) in [4.78, 5) is 18.2. The van der Waals surface area contributed by atoms with E-state index in [1.165, 1.54) is 18.4 Å². The number of piperidine rings is 1. The van der Waals surface area contributed by atoms with Crippen LogP contribution in [0.3, 0.4) is 0 Å². The van der Waals surface area contributed by atoms with Crippen LogP contribution >= 0.6 is 0 Å². The van der Waals surface area contributed by atoms with Crippen molar-refractivity contribution in [1.82, 2.24) is 14.5 Å². The molecular formula is C22H29N3O2. The number of nitrogens with zero attached hydrogens (tertiary/aromatic N) is 2. The quantitative estimate of drug-likeness (QED) is 0.844. The van der Waals surface area contributed by atoms with Gasteiger partial charge < -0.3 is 14.6 Å². The number of terminal acetylenes is 1. The molecule has 2 fully saturated rings. The van der Waals surface area contributed by atoms with E-state index < -0.39 is 0 Å². The van der Waals surface area contributed by atoms with Crippen LogP contribution in [-0.4, -0.2) is 46.3 Å². The number of hydrogen-bond acceptors (Lipinski definition) is 3. The molecule has 1 N–H and O–H groups in total. The minimum Gasteiger partial charge on any atom is -0.366 e. The molecule has 0 atom stereocenters. The smallest absolute Gasteiger partial charge is 0.326 e. The van der Waals surface area contributed by atoms with Crippen LogP contribution in [0.25, 0.3) is 11.0 Å². The van der Waals surface area contributed by atoms with Gasteiger partial charge in [-0.3, -0.25) is 4.57 Å². The van der Waals surface area contributed by atoms with E-state index in [0.29, 0.717) is 24.8 Å². The van der Waals surface area contributed by atoms with Gasteiger partial charge in [0.15, 0.2) is 0 Å². The van der Waals surface area contributed by atoms with E-state index in [1.54, 1.807) is 0 Å². The highest BCUT2D eigenvalue weighted by atomic mass is 16.5. The molecule has 2 heterocycles. The summed E-state index contributed by atoms with van der Waals surface area (Å²) in [6, 6.07) is 7.13. The number of ether oxygens (including phenoxy) is 1. The van der Waals surface area contributed by atoms with Crippen LogP contribution in [0.2, 0.25) is 0 Å². The molecule has 144 valence electrons. The SMILES string of the molecule is C#CCO[C@H]1CC[C@@H](N2CCC(n3c(=O)[nH]c4ccc(C)cc43)CC2)CC1. The molecule has 0 amide bonds. The number of aromatic amines is 1. The zero-order valence-electron chi connectivity index (χ0n) is 16.1. The van der Waals surface area contributed by atoms with E-state index in [9.17, 15) is 4.79 Å². The largest absolute Gasteiger partial charge is 0.366 e. The summed E-state index contributed by atoms with van der Waals surface area (Å²) in [6.07, 6.45) is 12.3. The lowest BCUT2D eigenvalue weighted by atomic mass is 9.90. The maximum atomic E-state index is 12.5. The second kappa shape index (κ2) is 7.92. The van der Waals surface area contributed by atoms with Gasteiger partial charge in [0.05, 0.1) is 17.1 Å². The number of benzene rings is 1. The first-order valence-electron chi connectivity index (χ1n) is 10.2. The predicted octanol–water partition coefficient (Wildman–Crippen LogP) is 3.24. The molecule has 0 unspecified atom stereocenters. The van der Waals surface area contributed by atoms with Gasteiger partial charge in [-0.25, -0.2) is 4.79 Å². The second-order valence-corrected chi connectivity index (χ2v) is 8.03. The van der Waals surface area contributed by atoms with Crippen molar-refractivity contribution in [2.24, 2.45) is 0 Å². The van der Waals surface area contributed by atoms with E-state index in [1.807, 2.05) is 10.6 Å². The van der Waals surface area contributed by atoms with Crippen molar-refractivity contribution in [2.75, 3.05) is 19.7 Å². The normalized spacial score (nSPS) is 24.9. The Morgan fingerprint density at radius 2 is 1.89 bits per heavy atom. The maximum Gasteiger partial charge on any atom is 0.326 e. The summed E-state index contributed by atoms with van der Waals surface area (Å²) in [7, 11) is 0. The van der Waals surface area contributed by atoms with Crippen molar-refractivity contribution in [3.8, 4) is 12.3 Å². The summed E-state index contributed by atoms with van der Waals surface area (Å²) in [5, 5.41) is 0. The number of H-pyrrole nitrogens is 1. The average Bonchev–Trinajstić information content (AvgIpc) is 3.02. The van der Waals surface area contributed by atoms with Crippen molar-refractivity contribution in [3.63, 3.8) is 0 Å². The Hall–Kier alpha value is -2.03. The Bertz CT molecular complexity index is 875. The molecule has 0 spiro atoms. The maximum absolute atomic E-state index is 12.5. The Morgan fingerprint density at radius 3 is 2.59 bits per heavy atom. The van der Waals surface area contributed by atoms with Gasteiger partial charge >= 0.3 is 5.69 Å². The molecule has 27 heavy (non-hydrogen) atoms. The van der Waals surface area contributed by atoms with Gasteiger partial charge in [0, 0.05) is 25.2 Å². The molecule has 1 saturated carbocycles. The number of nitrogens with one attached hydrogen (secondary N) is 1. The topological polar surface area (TPSA) is 50.3 Å². The monoisotopic (exact) mass is 367 g/mol. The summed E-state index contributed by atoms with van der Waals surface area (Å²) in [6.45, 7) is 4.64. The third kappa shape index (κ3) is 3.83. The molecule has 1 aromatic heterocycles. The fraction of sp³-hybridized carbons (Fsp3) is 0.591. The first kappa shape index (κ1) is 18.3. The zero-order chi connectivity index (χ0) is 18.8. The van der Waals surface area contributed by atoms with Crippen molar-refractivity contribution < 1.29 is 4.74 Å². The summed E-state index contributed by atoms with van der Waals surface area (Å²) in [5.74, 6) is 2.57. The Balaban J connectivity index is 1.38. The summed E-state index contributed by atoms with van der Waals surface area (Å²) >= 11 is 0. The molecule has 2 aromatic rings. The minimum atomic E-state index is 0.0280. The third-order valence-corrected chi connectivity index (χ3v) is 6.30. The van der Waals surface area contributed by atoms with Gasteiger partial charge in [-0.15, -0.1) is 6.42 Å². The molecule has 1 saturated heterocycles. The first-order valence-corrected chi connectivity index (χ1v) is 10.2. The molecular weight excluding hydrogens is 338 g/mol. The number of likely N-dealkylation sites (tertiary alicyclic amines) is 1. The highest BCUT2D eigenvalue weighted by Gasteiger charge is 2.30. The highest BCUT2D eigenvalue weighted by Crippen LogP contribution is 2.31. The minimum absolute atomic E-state index is 0.0280.